The van der Waals surface area contributed by atoms with Gasteiger partial charge in [-0.25, -0.2) is 0 Å². The molecule has 39 heavy (non-hydrogen) atoms. The number of halogens is 1. The summed E-state index contributed by atoms with van der Waals surface area (Å²) in [4.78, 5) is 42.9. The fourth-order valence-electron chi connectivity index (χ4n) is 6.46. The molecule has 2 bridgehead atoms. The first-order valence-corrected chi connectivity index (χ1v) is 14.2. The van der Waals surface area contributed by atoms with Crippen LogP contribution in [0, 0.1) is 25.7 Å². The Labute approximate surface area is 236 Å². The Morgan fingerprint density at radius 1 is 1.15 bits per heavy atom. The van der Waals surface area contributed by atoms with Crippen LogP contribution < -0.4 is 15.4 Å². The van der Waals surface area contributed by atoms with Gasteiger partial charge in [-0.1, -0.05) is 34.1 Å². The second-order valence-electron chi connectivity index (χ2n) is 10.6. The molecule has 0 radical (unpaired) electrons. The molecule has 0 saturated carbocycles. The summed E-state index contributed by atoms with van der Waals surface area (Å²) >= 11 is 3.68. The minimum Gasteiger partial charge on any atom is -0.494 e. The van der Waals surface area contributed by atoms with Crippen LogP contribution in [0.1, 0.15) is 31.4 Å². The van der Waals surface area contributed by atoms with Gasteiger partial charge in [-0.2, -0.15) is 0 Å². The summed E-state index contributed by atoms with van der Waals surface area (Å²) in [6.45, 7) is 7.61. The first-order valence-electron chi connectivity index (χ1n) is 13.3. The molecule has 5 rings (SSSR count). The number of aliphatic hydroxyl groups is 1. The third-order valence-electron chi connectivity index (χ3n) is 8.18. The van der Waals surface area contributed by atoms with Crippen molar-refractivity contribution >= 4 is 45.0 Å². The lowest BCUT2D eigenvalue weighted by Crippen LogP contribution is -2.56. The monoisotopic (exact) mass is 599 g/mol. The van der Waals surface area contributed by atoms with Gasteiger partial charge in [0.05, 0.1) is 37.2 Å². The number of rotatable bonds is 8. The van der Waals surface area contributed by atoms with E-state index in [4.69, 9.17) is 9.47 Å². The molecular weight excluding hydrogens is 566 g/mol. The van der Waals surface area contributed by atoms with Crippen molar-refractivity contribution in [2.45, 2.75) is 62.7 Å². The Balaban J connectivity index is 1.48. The van der Waals surface area contributed by atoms with Crippen molar-refractivity contribution in [2.24, 2.45) is 11.8 Å². The number of nitrogens with one attached hydrogen (secondary N) is 2. The van der Waals surface area contributed by atoms with Crippen LogP contribution in [0.2, 0.25) is 0 Å². The number of alkyl halides is 1. The maximum absolute atomic E-state index is 14.0. The van der Waals surface area contributed by atoms with E-state index in [-0.39, 0.29) is 23.2 Å². The average Bonchev–Trinajstić information content (AvgIpc) is 3.50. The average molecular weight is 601 g/mol. The normalized spacial score (nSPS) is 29.7. The molecule has 2 aromatic rings. The summed E-state index contributed by atoms with van der Waals surface area (Å²) < 4.78 is 12.0. The Morgan fingerprint density at radius 3 is 2.44 bits per heavy atom. The molecule has 208 valence electrons. The Hall–Kier alpha value is -2.95. The van der Waals surface area contributed by atoms with Crippen LogP contribution in [-0.4, -0.2) is 69.6 Å². The predicted molar refractivity (Wildman–Crippen MR) is 150 cm³/mol. The van der Waals surface area contributed by atoms with E-state index in [0.717, 1.165) is 11.1 Å². The molecule has 0 aromatic heterocycles. The van der Waals surface area contributed by atoms with Gasteiger partial charge in [-0.15, -0.1) is 0 Å². The zero-order chi connectivity index (χ0) is 28.1. The smallest absolute Gasteiger partial charge is 0.250 e. The Morgan fingerprint density at radius 2 is 1.82 bits per heavy atom. The van der Waals surface area contributed by atoms with E-state index in [1.807, 2.05) is 39.0 Å². The maximum atomic E-state index is 14.0. The molecule has 10 heteroatoms. The highest BCUT2D eigenvalue weighted by atomic mass is 79.9. The van der Waals surface area contributed by atoms with Crippen LogP contribution >= 0.6 is 15.9 Å². The molecule has 9 nitrogen and oxygen atoms in total. The van der Waals surface area contributed by atoms with E-state index in [0.29, 0.717) is 30.2 Å². The Bertz CT molecular complexity index is 1270. The number of aliphatic hydroxyl groups excluding tert-OH is 1. The van der Waals surface area contributed by atoms with Crippen LogP contribution in [0.3, 0.4) is 0 Å². The van der Waals surface area contributed by atoms with Gasteiger partial charge in [0.2, 0.25) is 17.7 Å². The molecule has 3 aliphatic rings. The molecule has 3 aliphatic heterocycles. The number of benzene rings is 2. The molecule has 0 aliphatic carbocycles. The van der Waals surface area contributed by atoms with E-state index in [1.165, 1.54) is 4.90 Å². The van der Waals surface area contributed by atoms with E-state index in [9.17, 15) is 19.5 Å². The number of likely N-dealkylation sites (tertiary alicyclic amines) is 1. The molecule has 3 amide bonds. The molecule has 3 saturated heterocycles. The first kappa shape index (κ1) is 27.6. The second kappa shape index (κ2) is 10.6. The van der Waals surface area contributed by atoms with Crippen molar-refractivity contribution in [1.29, 1.82) is 0 Å². The van der Waals surface area contributed by atoms with Crippen molar-refractivity contribution in [1.82, 2.24) is 4.90 Å². The third-order valence-corrected chi connectivity index (χ3v) is 9.02. The van der Waals surface area contributed by atoms with Crippen molar-refractivity contribution in [3.05, 3.63) is 53.6 Å². The largest absolute Gasteiger partial charge is 0.494 e. The number of hydrogen-bond acceptors (Lipinski definition) is 6. The fourth-order valence-corrected chi connectivity index (χ4v) is 7.40. The minimum atomic E-state index is -1.21. The van der Waals surface area contributed by atoms with E-state index >= 15 is 0 Å². The van der Waals surface area contributed by atoms with Crippen LogP contribution in [0.25, 0.3) is 0 Å². The molecule has 3 heterocycles. The van der Waals surface area contributed by atoms with Crippen LogP contribution in [0.5, 0.6) is 5.75 Å². The number of fused-ring (bicyclic) bond motifs is 1. The number of anilines is 2. The quantitative estimate of drug-likeness (QED) is 0.400. The van der Waals surface area contributed by atoms with Gasteiger partial charge in [0.1, 0.15) is 17.4 Å². The summed E-state index contributed by atoms with van der Waals surface area (Å²) in [6.07, 6.45) is -0.191. The number of carbonyl (C=O) groups excluding carboxylic acids is 3. The number of para-hydroxylation sites is 1. The van der Waals surface area contributed by atoms with Crippen LogP contribution in [0.4, 0.5) is 11.4 Å². The SMILES string of the molecule is CCOc1ccc(NC(=O)[C@H]2[C@H]3C(=O)N([C@H](C)CO)C(C(=O)Nc4c(C)cccc4C)C34CC(Br)[C@@H]2O4)cc1. The maximum Gasteiger partial charge on any atom is 0.250 e. The molecule has 3 N–H and O–H groups in total. The zero-order valence-corrected chi connectivity index (χ0v) is 24.0. The van der Waals surface area contributed by atoms with Crippen molar-refractivity contribution in [3.8, 4) is 5.75 Å². The lowest BCUT2D eigenvalue weighted by Gasteiger charge is -2.36. The van der Waals surface area contributed by atoms with Gasteiger partial charge in [0, 0.05) is 16.2 Å². The van der Waals surface area contributed by atoms with Crippen molar-refractivity contribution < 1.29 is 29.0 Å². The molecule has 7 atom stereocenters. The summed E-state index contributed by atoms with van der Waals surface area (Å²) in [5.74, 6) is -2.07. The highest BCUT2D eigenvalue weighted by molar-refractivity contribution is 9.09. The van der Waals surface area contributed by atoms with E-state index in [1.54, 1.807) is 31.2 Å². The minimum absolute atomic E-state index is 0.225. The summed E-state index contributed by atoms with van der Waals surface area (Å²) in [7, 11) is 0. The van der Waals surface area contributed by atoms with Gasteiger partial charge < -0.3 is 30.1 Å². The summed E-state index contributed by atoms with van der Waals surface area (Å²) in [5, 5.41) is 16.0. The molecule has 3 unspecified atom stereocenters. The second-order valence-corrected chi connectivity index (χ2v) is 11.8. The topological polar surface area (TPSA) is 117 Å². The summed E-state index contributed by atoms with van der Waals surface area (Å²) in [5.41, 5.74) is 1.83. The van der Waals surface area contributed by atoms with Crippen molar-refractivity contribution in [3.63, 3.8) is 0 Å². The lowest BCUT2D eigenvalue weighted by atomic mass is 9.70. The zero-order valence-electron chi connectivity index (χ0n) is 22.4. The van der Waals surface area contributed by atoms with E-state index in [2.05, 4.69) is 26.6 Å². The van der Waals surface area contributed by atoms with E-state index < -0.39 is 41.5 Å². The van der Waals surface area contributed by atoms with Gasteiger partial charge in [0.15, 0.2) is 0 Å². The highest BCUT2D eigenvalue weighted by Crippen LogP contribution is 2.60. The number of ether oxygens (including phenoxy) is 2. The van der Waals surface area contributed by atoms with Gasteiger partial charge in [0.25, 0.3) is 0 Å². The Kier molecular flexibility index (Phi) is 7.47. The van der Waals surface area contributed by atoms with Gasteiger partial charge in [-0.05, 0) is 69.5 Å². The number of nitrogens with zero attached hydrogens (tertiary/aromatic N) is 1. The lowest BCUT2D eigenvalue weighted by molar-refractivity contribution is -0.142. The number of aryl methyl sites for hydroxylation is 2. The van der Waals surface area contributed by atoms with Gasteiger partial charge in [-0.3, -0.25) is 14.4 Å². The molecule has 1 spiro atoms. The summed E-state index contributed by atoms with van der Waals surface area (Å²) in [6, 6.07) is 11.1. The number of amides is 3. The molecular formula is C29H34BrN3O6. The third kappa shape index (κ3) is 4.52. The fraction of sp³-hybridized carbons (Fsp3) is 0.483. The number of hydrogen-bond donors (Lipinski definition) is 3. The van der Waals surface area contributed by atoms with Gasteiger partial charge >= 0.3 is 0 Å². The predicted octanol–water partition coefficient (Wildman–Crippen LogP) is 3.41. The van der Waals surface area contributed by atoms with Crippen molar-refractivity contribution in [2.75, 3.05) is 23.8 Å². The molecule has 3 fully saturated rings. The van der Waals surface area contributed by atoms with Crippen LogP contribution in [-0.2, 0) is 19.1 Å². The first-order chi connectivity index (χ1) is 18.6. The number of carbonyl (C=O) groups is 3. The standard InChI is InChI=1S/C29H34BrN3O6/c1-5-38-19-11-9-18(10-12-19)31-26(35)21-22-28(37)33(17(4)14-34)25(29(22)13-20(30)24(21)39-29)27(36)32-23-15(2)7-6-8-16(23)3/h6-12,17,20-22,24-25,34H,5,13-14H2,1-4H3,(H,31,35)(H,32,36)/t17-,20?,21+,22+,24+,25?,29?/m1/s1. The highest BCUT2D eigenvalue weighted by Gasteiger charge is 2.76. The molecule has 2 aromatic carbocycles. The van der Waals surface area contributed by atoms with Crippen LogP contribution in [0.15, 0.2) is 42.5 Å².